The van der Waals surface area contributed by atoms with Crippen LogP contribution in [0.2, 0.25) is 10.0 Å². The van der Waals surface area contributed by atoms with Gasteiger partial charge in [0.05, 0.1) is 31.2 Å². The summed E-state index contributed by atoms with van der Waals surface area (Å²) in [5, 5.41) is 0.484. The van der Waals surface area contributed by atoms with Crippen LogP contribution in [0.3, 0.4) is 0 Å². The molecule has 2 aromatic rings. The molecule has 2 aromatic carbocycles. The molecular formula is C17H18Cl2FN2O2S+. The third-order valence-corrected chi connectivity index (χ3v) is 6.95. The van der Waals surface area contributed by atoms with Crippen molar-refractivity contribution >= 4 is 33.2 Å². The van der Waals surface area contributed by atoms with Crippen molar-refractivity contribution in [3.63, 3.8) is 0 Å². The minimum atomic E-state index is -3.69. The second-order valence-electron chi connectivity index (χ2n) is 6.00. The lowest BCUT2D eigenvalue weighted by atomic mass is 10.2. The number of sulfonamides is 1. The number of hydrogen-bond acceptors (Lipinski definition) is 2. The minimum absolute atomic E-state index is 0.0271. The smallest absolute Gasteiger partial charge is 0.245 e. The van der Waals surface area contributed by atoms with E-state index in [2.05, 4.69) is 0 Å². The van der Waals surface area contributed by atoms with Gasteiger partial charge in [0.2, 0.25) is 10.0 Å². The highest BCUT2D eigenvalue weighted by atomic mass is 35.5. The fourth-order valence-electron chi connectivity index (χ4n) is 2.94. The molecule has 1 aliphatic rings. The first-order valence-corrected chi connectivity index (χ1v) is 10.1. The summed E-state index contributed by atoms with van der Waals surface area (Å²) in [7, 11) is -3.69. The highest BCUT2D eigenvalue weighted by Crippen LogP contribution is 2.27. The van der Waals surface area contributed by atoms with Gasteiger partial charge in [0.15, 0.2) is 0 Å². The minimum Gasteiger partial charge on any atom is -0.329 e. The molecule has 0 bridgehead atoms. The van der Waals surface area contributed by atoms with E-state index in [1.54, 1.807) is 24.3 Å². The highest BCUT2D eigenvalue weighted by Gasteiger charge is 2.32. The van der Waals surface area contributed by atoms with E-state index >= 15 is 0 Å². The van der Waals surface area contributed by atoms with Gasteiger partial charge in [-0.25, -0.2) is 12.8 Å². The van der Waals surface area contributed by atoms with Crippen LogP contribution in [0, 0.1) is 5.82 Å². The van der Waals surface area contributed by atoms with E-state index in [0.29, 0.717) is 43.3 Å². The van der Waals surface area contributed by atoms with Crippen LogP contribution in [-0.2, 0) is 16.6 Å². The molecule has 1 heterocycles. The molecule has 25 heavy (non-hydrogen) atoms. The first kappa shape index (κ1) is 18.6. The van der Waals surface area contributed by atoms with Crippen LogP contribution >= 0.6 is 23.2 Å². The van der Waals surface area contributed by atoms with Crippen LogP contribution in [0.5, 0.6) is 0 Å². The third-order valence-electron chi connectivity index (χ3n) is 4.34. The molecular weight excluding hydrogens is 386 g/mol. The number of quaternary nitrogens is 1. The molecule has 0 amide bonds. The lowest BCUT2D eigenvalue weighted by Gasteiger charge is -2.31. The van der Waals surface area contributed by atoms with Crippen LogP contribution in [0.1, 0.15) is 5.56 Å². The zero-order chi connectivity index (χ0) is 18.0. The molecule has 1 fully saturated rings. The Bertz CT molecular complexity index is 869. The van der Waals surface area contributed by atoms with Gasteiger partial charge in [-0.2, -0.15) is 4.31 Å². The second kappa shape index (κ2) is 7.60. The van der Waals surface area contributed by atoms with E-state index < -0.39 is 10.0 Å². The normalized spacial score (nSPS) is 16.9. The van der Waals surface area contributed by atoms with Gasteiger partial charge >= 0.3 is 0 Å². The predicted molar refractivity (Wildman–Crippen MR) is 96.0 cm³/mol. The molecule has 4 nitrogen and oxygen atoms in total. The van der Waals surface area contributed by atoms with E-state index in [1.807, 2.05) is 0 Å². The monoisotopic (exact) mass is 403 g/mol. The van der Waals surface area contributed by atoms with Crippen molar-refractivity contribution in [3.05, 3.63) is 63.9 Å². The van der Waals surface area contributed by atoms with Crippen LogP contribution in [0.15, 0.2) is 47.4 Å². The maximum atomic E-state index is 13.8. The zero-order valence-corrected chi connectivity index (χ0v) is 15.7. The Morgan fingerprint density at radius 1 is 1.08 bits per heavy atom. The second-order valence-corrected chi connectivity index (χ2v) is 8.75. The van der Waals surface area contributed by atoms with Gasteiger partial charge < -0.3 is 4.90 Å². The van der Waals surface area contributed by atoms with E-state index in [0.717, 1.165) is 4.90 Å². The SMILES string of the molecule is O=S(=O)(c1cc(Cl)ccc1Cl)N1CC[NH+](Cc2ccccc2F)CC1. The van der Waals surface area contributed by atoms with Gasteiger partial charge in [-0.05, 0) is 24.3 Å². The molecule has 1 N–H and O–H groups in total. The van der Waals surface area contributed by atoms with E-state index in [4.69, 9.17) is 23.2 Å². The first-order valence-electron chi connectivity index (χ1n) is 7.90. The first-order chi connectivity index (χ1) is 11.9. The highest BCUT2D eigenvalue weighted by molar-refractivity contribution is 7.89. The molecule has 3 rings (SSSR count). The van der Waals surface area contributed by atoms with Gasteiger partial charge in [0.25, 0.3) is 0 Å². The van der Waals surface area contributed by atoms with Crippen molar-refractivity contribution in [1.82, 2.24) is 4.31 Å². The van der Waals surface area contributed by atoms with Crippen LogP contribution in [0.4, 0.5) is 4.39 Å². The summed E-state index contributed by atoms with van der Waals surface area (Å²) in [6.45, 7) is 2.46. The zero-order valence-electron chi connectivity index (χ0n) is 13.4. The van der Waals surface area contributed by atoms with Crippen molar-refractivity contribution < 1.29 is 17.7 Å². The molecule has 0 atom stereocenters. The van der Waals surface area contributed by atoms with Crippen LogP contribution in [-0.4, -0.2) is 38.9 Å². The average molecular weight is 404 g/mol. The Hall–Kier alpha value is -1.18. The summed E-state index contributed by atoms with van der Waals surface area (Å²) >= 11 is 12.0. The molecule has 134 valence electrons. The number of piperazine rings is 1. The molecule has 0 unspecified atom stereocenters. The van der Waals surface area contributed by atoms with Crippen molar-refractivity contribution in [2.24, 2.45) is 0 Å². The molecule has 1 aliphatic heterocycles. The Balaban J connectivity index is 1.69. The van der Waals surface area contributed by atoms with Crippen molar-refractivity contribution in [2.75, 3.05) is 26.2 Å². The maximum absolute atomic E-state index is 13.8. The van der Waals surface area contributed by atoms with Crippen molar-refractivity contribution in [3.8, 4) is 0 Å². The van der Waals surface area contributed by atoms with E-state index in [9.17, 15) is 12.8 Å². The fraction of sp³-hybridized carbons (Fsp3) is 0.294. The molecule has 0 saturated carbocycles. The average Bonchev–Trinajstić information content (AvgIpc) is 2.59. The van der Waals surface area contributed by atoms with Gasteiger partial charge in [-0.3, -0.25) is 0 Å². The largest absolute Gasteiger partial charge is 0.329 e. The number of halogens is 3. The lowest BCUT2D eigenvalue weighted by Crippen LogP contribution is -3.13. The summed E-state index contributed by atoms with van der Waals surface area (Å²) in [5.74, 6) is -0.226. The topological polar surface area (TPSA) is 41.8 Å². The van der Waals surface area contributed by atoms with Crippen LogP contribution < -0.4 is 4.90 Å². The van der Waals surface area contributed by atoms with Gasteiger partial charge in [-0.1, -0.05) is 41.4 Å². The molecule has 1 saturated heterocycles. The maximum Gasteiger partial charge on any atom is 0.245 e. The molecule has 8 heteroatoms. The molecule has 0 aromatic heterocycles. The van der Waals surface area contributed by atoms with Gasteiger partial charge in [-0.15, -0.1) is 0 Å². The third kappa shape index (κ3) is 4.15. The number of rotatable bonds is 4. The molecule has 0 spiro atoms. The number of benzene rings is 2. The summed E-state index contributed by atoms with van der Waals surface area (Å²) in [5.41, 5.74) is 0.645. The summed E-state index contributed by atoms with van der Waals surface area (Å²) in [4.78, 5) is 1.17. The van der Waals surface area contributed by atoms with Gasteiger partial charge in [0.1, 0.15) is 17.3 Å². The number of nitrogens with zero attached hydrogens (tertiary/aromatic N) is 1. The van der Waals surface area contributed by atoms with Gasteiger partial charge in [0, 0.05) is 10.6 Å². The Labute approximate surface area is 156 Å². The van der Waals surface area contributed by atoms with Crippen molar-refractivity contribution in [1.29, 1.82) is 0 Å². The Morgan fingerprint density at radius 3 is 2.44 bits per heavy atom. The Kier molecular flexibility index (Phi) is 5.65. The molecule has 0 aliphatic carbocycles. The number of nitrogens with one attached hydrogen (secondary N) is 1. The standard InChI is InChI=1S/C17H17Cl2FN2O2S/c18-14-5-6-15(19)17(11-14)25(23,24)22-9-7-21(8-10-22)12-13-3-1-2-4-16(13)20/h1-6,11H,7-10,12H2/p+1. The molecule has 0 radical (unpaired) electrons. The number of hydrogen-bond donors (Lipinski definition) is 1. The predicted octanol–water partition coefficient (Wildman–Crippen LogP) is 2.22. The van der Waals surface area contributed by atoms with E-state index in [-0.39, 0.29) is 15.7 Å². The quantitative estimate of drug-likeness (QED) is 0.850. The fourth-order valence-corrected chi connectivity index (χ4v) is 5.12. The summed E-state index contributed by atoms with van der Waals surface area (Å²) in [6, 6.07) is 11.1. The van der Waals surface area contributed by atoms with Crippen LogP contribution in [0.25, 0.3) is 0 Å². The van der Waals surface area contributed by atoms with E-state index in [1.165, 1.54) is 22.5 Å². The Morgan fingerprint density at radius 2 is 1.76 bits per heavy atom. The summed E-state index contributed by atoms with van der Waals surface area (Å²) in [6.07, 6.45) is 0. The lowest BCUT2D eigenvalue weighted by molar-refractivity contribution is -0.917. The summed E-state index contributed by atoms with van der Waals surface area (Å²) < 4.78 is 40.8. The van der Waals surface area contributed by atoms with Crippen molar-refractivity contribution in [2.45, 2.75) is 11.4 Å².